The zero-order valence-corrected chi connectivity index (χ0v) is 14.4. The maximum atomic E-state index is 11.2. The zero-order valence-electron chi connectivity index (χ0n) is 14.4. The van der Waals surface area contributed by atoms with Crippen LogP contribution in [-0.4, -0.2) is 18.9 Å². The lowest BCUT2D eigenvalue weighted by molar-refractivity contribution is -0.191. The molecule has 0 aliphatic carbocycles. The summed E-state index contributed by atoms with van der Waals surface area (Å²) in [7, 11) is 1.52. The van der Waals surface area contributed by atoms with E-state index in [2.05, 4.69) is 24.3 Å². The van der Waals surface area contributed by atoms with Crippen LogP contribution in [0.3, 0.4) is 0 Å². The molecule has 24 heavy (non-hydrogen) atoms. The average Bonchev–Trinajstić information content (AvgIpc) is 2.60. The first-order valence-electron chi connectivity index (χ1n) is 7.93. The van der Waals surface area contributed by atoms with E-state index in [0.29, 0.717) is 6.42 Å². The van der Waals surface area contributed by atoms with Crippen molar-refractivity contribution in [1.82, 2.24) is 0 Å². The van der Waals surface area contributed by atoms with Crippen molar-refractivity contribution in [2.75, 3.05) is 7.11 Å². The molecule has 0 aromatic heterocycles. The predicted molar refractivity (Wildman–Crippen MR) is 95.3 cm³/mol. The predicted octanol–water partition coefficient (Wildman–Crippen LogP) is 4.53. The van der Waals surface area contributed by atoms with Crippen molar-refractivity contribution in [2.45, 2.75) is 26.1 Å². The van der Waals surface area contributed by atoms with E-state index in [9.17, 15) is 4.79 Å². The van der Waals surface area contributed by atoms with Gasteiger partial charge < -0.3 is 9.47 Å². The smallest absolute Gasteiger partial charge is 0.305 e. The van der Waals surface area contributed by atoms with Gasteiger partial charge in [-0.25, -0.2) is 0 Å². The summed E-state index contributed by atoms with van der Waals surface area (Å²) in [5.41, 5.74) is 2.33. The van der Waals surface area contributed by atoms with E-state index in [-0.39, 0.29) is 5.97 Å². The second kappa shape index (κ2) is 8.46. The molecule has 0 bridgehead atoms. The van der Waals surface area contributed by atoms with E-state index in [1.54, 1.807) is 13.0 Å². The number of esters is 1. The molecule has 0 amide bonds. The average molecular weight is 323 g/mol. The first kappa shape index (κ1) is 18.0. The van der Waals surface area contributed by atoms with Gasteiger partial charge in [-0.15, -0.1) is 0 Å². The molecule has 2 rings (SSSR count). The molecule has 1 unspecified atom stereocenters. The van der Waals surface area contributed by atoms with Gasteiger partial charge in [-0.2, -0.15) is 0 Å². The largest absolute Gasteiger partial charge is 0.430 e. The Morgan fingerprint density at radius 1 is 1.00 bits per heavy atom. The van der Waals surface area contributed by atoms with E-state index in [4.69, 9.17) is 9.47 Å². The van der Waals surface area contributed by atoms with Crippen molar-refractivity contribution in [1.29, 1.82) is 0 Å². The van der Waals surface area contributed by atoms with Crippen LogP contribution >= 0.6 is 0 Å². The van der Waals surface area contributed by atoms with E-state index in [0.717, 1.165) is 0 Å². The topological polar surface area (TPSA) is 35.5 Å². The number of ether oxygens (including phenoxy) is 2. The van der Waals surface area contributed by atoms with Crippen LogP contribution in [0.4, 0.5) is 0 Å². The van der Waals surface area contributed by atoms with Gasteiger partial charge in [-0.05, 0) is 23.6 Å². The zero-order chi connectivity index (χ0) is 17.4. The Kier molecular flexibility index (Phi) is 6.33. The van der Waals surface area contributed by atoms with Crippen LogP contribution < -0.4 is 0 Å². The van der Waals surface area contributed by atoms with Crippen molar-refractivity contribution in [2.24, 2.45) is 0 Å². The second-order valence-electron chi connectivity index (χ2n) is 5.63. The monoisotopic (exact) mass is 323 g/mol. The maximum absolute atomic E-state index is 11.2. The van der Waals surface area contributed by atoms with Gasteiger partial charge >= 0.3 is 5.97 Å². The molecular formula is C21H23O3. The Bertz CT molecular complexity index is 624. The van der Waals surface area contributed by atoms with E-state index in [1.807, 2.05) is 42.5 Å². The van der Waals surface area contributed by atoms with Crippen molar-refractivity contribution in [3.05, 3.63) is 89.9 Å². The minimum atomic E-state index is -1.05. The Balaban J connectivity index is 2.20. The quantitative estimate of drug-likeness (QED) is 0.427. The molecule has 3 nitrogen and oxygen atoms in total. The fourth-order valence-electron chi connectivity index (χ4n) is 2.50. The Morgan fingerprint density at radius 3 is 1.92 bits per heavy atom. The lowest BCUT2D eigenvalue weighted by Gasteiger charge is -2.24. The number of carbonyl (C=O) groups excluding carboxylic acids is 1. The fraction of sp³-hybridized carbons (Fsp3) is 0.238. The summed E-state index contributed by atoms with van der Waals surface area (Å²) in [6.07, 6.45) is 4.45. The molecule has 1 radical (unpaired) electrons. The summed E-state index contributed by atoms with van der Waals surface area (Å²) < 4.78 is 10.5. The van der Waals surface area contributed by atoms with E-state index >= 15 is 0 Å². The molecule has 0 N–H and O–H groups in total. The minimum absolute atomic E-state index is 0.376. The summed E-state index contributed by atoms with van der Waals surface area (Å²) in [6.45, 7) is 3.09. The van der Waals surface area contributed by atoms with Crippen LogP contribution in [0, 0.1) is 5.92 Å². The van der Waals surface area contributed by atoms with Gasteiger partial charge in [0.05, 0.1) is 0 Å². The van der Waals surface area contributed by atoms with Crippen LogP contribution in [0.1, 0.15) is 31.4 Å². The number of benzene rings is 2. The molecule has 0 heterocycles. The van der Waals surface area contributed by atoms with Gasteiger partial charge in [0.25, 0.3) is 0 Å². The van der Waals surface area contributed by atoms with Gasteiger partial charge in [0.2, 0.25) is 5.79 Å². The lowest BCUT2D eigenvalue weighted by Crippen LogP contribution is -2.30. The van der Waals surface area contributed by atoms with Gasteiger partial charge in [0.1, 0.15) is 0 Å². The third kappa shape index (κ3) is 5.07. The van der Waals surface area contributed by atoms with Crippen molar-refractivity contribution in [3.8, 4) is 0 Å². The molecule has 125 valence electrons. The fourth-order valence-corrected chi connectivity index (χ4v) is 2.50. The molecule has 0 fully saturated rings. The lowest BCUT2D eigenvalue weighted by atomic mass is 9.88. The highest BCUT2D eigenvalue weighted by Crippen LogP contribution is 2.27. The van der Waals surface area contributed by atoms with Crippen LogP contribution in [0.2, 0.25) is 0 Å². The molecule has 3 heteroatoms. The number of allylic oxidation sites excluding steroid dienone is 1. The third-order valence-corrected chi connectivity index (χ3v) is 3.74. The van der Waals surface area contributed by atoms with E-state index in [1.165, 1.54) is 31.1 Å². The standard InChI is InChI=1S/C21H23O3/c1-17(22)24-21(2,23-3)16-10-15-20(18-11-6-4-7-12-18)19-13-8-5-9-14-19/h4-14,16H,15H2,1-3H3/b16-10+. The van der Waals surface area contributed by atoms with Gasteiger partial charge in [-0.1, -0.05) is 66.7 Å². The number of hydrogen-bond acceptors (Lipinski definition) is 3. The van der Waals surface area contributed by atoms with Crippen LogP contribution in [-0.2, 0) is 14.3 Å². The van der Waals surface area contributed by atoms with Crippen molar-refractivity contribution >= 4 is 5.97 Å². The maximum Gasteiger partial charge on any atom is 0.305 e. The normalized spacial score (nSPS) is 13.8. The second-order valence-corrected chi connectivity index (χ2v) is 5.63. The number of hydrogen-bond donors (Lipinski definition) is 0. The Hall–Kier alpha value is -2.39. The molecule has 0 saturated carbocycles. The van der Waals surface area contributed by atoms with Gasteiger partial charge in [0, 0.05) is 26.9 Å². The summed E-state index contributed by atoms with van der Waals surface area (Å²) in [5.74, 6) is -0.224. The van der Waals surface area contributed by atoms with Gasteiger partial charge in [0.15, 0.2) is 0 Å². The van der Waals surface area contributed by atoms with Crippen LogP contribution in [0.15, 0.2) is 72.8 Å². The van der Waals surface area contributed by atoms with Gasteiger partial charge in [-0.3, -0.25) is 4.79 Å². The van der Waals surface area contributed by atoms with E-state index < -0.39 is 5.79 Å². The molecule has 0 spiro atoms. The van der Waals surface area contributed by atoms with Crippen molar-refractivity contribution < 1.29 is 14.3 Å². The molecular weight excluding hydrogens is 300 g/mol. The molecule has 2 aromatic carbocycles. The molecule has 2 aromatic rings. The molecule has 0 saturated heterocycles. The number of methoxy groups -OCH3 is 1. The third-order valence-electron chi connectivity index (χ3n) is 3.74. The molecule has 0 aliphatic heterocycles. The highest BCUT2D eigenvalue weighted by Gasteiger charge is 2.23. The first-order valence-corrected chi connectivity index (χ1v) is 7.93. The number of carbonyl (C=O) groups is 1. The summed E-state index contributed by atoms with van der Waals surface area (Å²) in [4.78, 5) is 11.2. The number of rotatable bonds is 7. The van der Waals surface area contributed by atoms with Crippen LogP contribution in [0.25, 0.3) is 0 Å². The molecule has 0 aliphatic rings. The highest BCUT2D eigenvalue weighted by atomic mass is 16.7. The Labute approximate surface area is 143 Å². The van der Waals surface area contributed by atoms with Crippen molar-refractivity contribution in [3.63, 3.8) is 0 Å². The van der Waals surface area contributed by atoms with Crippen LogP contribution in [0.5, 0.6) is 0 Å². The highest BCUT2D eigenvalue weighted by molar-refractivity contribution is 5.66. The molecule has 1 atom stereocenters. The summed E-state index contributed by atoms with van der Waals surface area (Å²) in [5, 5.41) is 0. The minimum Gasteiger partial charge on any atom is -0.430 e. The first-order chi connectivity index (χ1) is 11.5. The summed E-state index contributed by atoms with van der Waals surface area (Å²) >= 11 is 0. The Morgan fingerprint density at radius 2 is 1.50 bits per heavy atom. The summed E-state index contributed by atoms with van der Waals surface area (Å²) in [6, 6.07) is 20.5. The SMILES string of the molecule is COC(C)(/C=C/C[C](c1ccccc1)c1ccccc1)OC(C)=O.